The van der Waals surface area contributed by atoms with Gasteiger partial charge in [0.1, 0.15) is 16.5 Å². The molecule has 0 radical (unpaired) electrons. The Hall–Kier alpha value is -2.19. The zero-order valence-electron chi connectivity index (χ0n) is 14.5. The van der Waals surface area contributed by atoms with Gasteiger partial charge in [-0.3, -0.25) is 9.59 Å². The molecule has 3 aromatic rings. The number of thioether (sulfide) groups is 1. The fourth-order valence-corrected chi connectivity index (χ4v) is 5.25. The van der Waals surface area contributed by atoms with Crippen LogP contribution in [0.4, 0.5) is 10.1 Å². The van der Waals surface area contributed by atoms with Crippen molar-refractivity contribution in [2.45, 2.75) is 31.4 Å². The summed E-state index contributed by atoms with van der Waals surface area (Å²) in [4.78, 5) is 34.0. The maximum atomic E-state index is 13.1. The lowest BCUT2D eigenvalue weighted by molar-refractivity contribution is -0.113. The highest BCUT2D eigenvalue weighted by atomic mass is 32.2. The average molecular weight is 404 g/mol. The number of benzene rings is 1. The van der Waals surface area contributed by atoms with Gasteiger partial charge < -0.3 is 10.3 Å². The molecule has 4 rings (SSSR count). The molecule has 8 heteroatoms. The Balaban J connectivity index is 1.40. The molecule has 0 spiro atoms. The fraction of sp³-hybridized carbons (Fsp3) is 0.316. The lowest BCUT2D eigenvalue weighted by Gasteiger charge is -2.09. The summed E-state index contributed by atoms with van der Waals surface area (Å²) in [6, 6.07) is 5.78. The molecule has 140 valence electrons. The second-order valence-corrected chi connectivity index (χ2v) is 8.52. The van der Waals surface area contributed by atoms with E-state index in [0.29, 0.717) is 17.3 Å². The highest BCUT2D eigenvalue weighted by Gasteiger charge is 2.19. The Kier molecular flexibility index (Phi) is 5.27. The minimum Gasteiger partial charge on any atom is -0.325 e. The molecule has 1 aromatic carbocycles. The van der Waals surface area contributed by atoms with Gasteiger partial charge in [0, 0.05) is 10.6 Å². The summed E-state index contributed by atoms with van der Waals surface area (Å²) in [6.07, 6.45) is 4.27. The third-order valence-corrected chi connectivity index (χ3v) is 6.58. The van der Waals surface area contributed by atoms with Crippen LogP contribution in [0.5, 0.6) is 0 Å². The van der Waals surface area contributed by atoms with Crippen molar-refractivity contribution < 1.29 is 9.18 Å². The van der Waals surface area contributed by atoms with Crippen LogP contribution in [0.1, 0.15) is 29.1 Å². The Morgan fingerprint density at radius 1 is 1.33 bits per heavy atom. The van der Waals surface area contributed by atoms with Gasteiger partial charge in [0.2, 0.25) is 5.91 Å². The molecule has 0 atom stereocenters. The van der Waals surface area contributed by atoms with Gasteiger partial charge in [0.15, 0.2) is 0 Å². The molecule has 0 saturated heterocycles. The maximum Gasteiger partial charge on any atom is 0.259 e. The van der Waals surface area contributed by atoms with Crippen molar-refractivity contribution in [1.82, 2.24) is 9.97 Å². The molecule has 1 aliphatic carbocycles. The van der Waals surface area contributed by atoms with Crippen LogP contribution in [0.25, 0.3) is 10.2 Å². The van der Waals surface area contributed by atoms with E-state index in [1.807, 2.05) is 0 Å². The monoisotopic (exact) mass is 403 g/mol. The minimum atomic E-state index is -0.394. The molecule has 0 saturated carbocycles. The minimum absolute atomic E-state index is 0.0841. The van der Waals surface area contributed by atoms with Crippen molar-refractivity contribution in [3.63, 3.8) is 0 Å². The van der Waals surface area contributed by atoms with Crippen molar-refractivity contribution in [1.29, 1.82) is 0 Å². The van der Waals surface area contributed by atoms with Crippen molar-refractivity contribution in [3.8, 4) is 0 Å². The third kappa shape index (κ3) is 4.06. The van der Waals surface area contributed by atoms with E-state index in [-0.39, 0.29) is 17.2 Å². The van der Waals surface area contributed by atoms with Gasteiger partial charge in [0.25, 0.3) is 5.56 Å². The number of aromatic amines is 1. The van der Waals surface area contributed by atoms with Crippen LogP contribution in [-0.2, 0) is 23.4 Å². The van der Waals surface area contributed by atoms with Crippen LogP contribution in [0.2, 0.25) is 0 Å². The number of rotatable bonds is 5. The van der Waals surface area contributed by atoms with E-state index in [2.05, 4.69) is 15.3 Å². The maximum absolute atomic E-state index is 13.1. The first-order valence-corrected chi connectivity index (χ1v) is 10.7. The average Bonchev–Trinajstić information content (AvgIpc) is 3.00. The van der Waals surface area contributed by atoms with E-state index in [4.69, 9.17) is 0 Å². The first-order valence-electron chi connectivity index (χ1n) is 8.77. The van der Waals surface area contributed by atoms with Gasteiger partial charge >= 0.3 is 0 Å². The Bertz CT molecular complexity index is 1060. The topological polar surface area (TPSA) is 74.8 Å². The molecule has 1 aliphatic rings. The van der Waals surface area contributed by atoms with Crippen LogP contribution >= 0.6 is 23.1 Å². The summed E-state index contributed by atoms with van der Waals surface area (Å²) in [5, 5.41) is 3.40. The quantitative estimate of drug-likeness (QED) is 0.678. The number of nitrogens with zero attached hydrogens (tertiary/aromatic N) is 1. The molecule has 0 bridgehead atoms. The van der Waals surface area contributed by atoms with Gasteiger partial charge in [-0.2, -0.15) is 0 Å². The van der Waals surface area contributed by atoms with Crippen LogP contribution < -0.4 is 10.9 Å². The second kappa shape index (κ2) is 7.82. The molecule has 0 aliphatic heterocycles. The van der Waals surface area contributed by atoms with Gasteiger partial charge in [-0.25, -0.2) is 9.37 Å². The number of carbonyl (C=O) groups excluding carboxylic acids is 1. The number of fused-ring (bicyclic) bond motifs is 3. The lowest BCUT2D eigenvalue weighted by atomic mass is 9.97. The molecule has 0 unspecified atom stereocenters. The standard InChI is InChI=1S/C19H18FN3O2S2/c20-11-4-3-5-12(8-11)21-16(24)10-26-9-15-22-18(25)17-13-6-1-2-7-14(13)27-19(17)23-15/h3-5,8H,1-2,6-7,9-10H2,(H,21,24)(H,22,23,25). The zero-order valence-corrected chi connectivity index (χ0v) is 16.1. The van der Waals surface area contributed by atoms with Crippen LogP contribution in [0, 0.1) is 5.82 Å². The van der Waals surface area contributed by atoms with E-state index in [1.165, 1.54) is 40.8 Å². The summed E-state index contributed by atoms with van der Waals surface area (Å²) >= 11 is 2.97. The number of aryl methyl sites for hydroxylation is 2. The van der Waals surface area contributed by atoms with Crippen molar-refractivity contribution >= 4 is 44.9 Å². The highest BCUT2D eigenvalue weighted by Crippen LogP contribution is 2.33. The zero-order chi connectivity index (χ0) is 18.8. The number of amides is 1. The number of anilines is 1. The van der Waals surface area contributed by atoms with E-state index < -0.39 is 5.82 Å². The van der Waals surface area contributed by atoms with E-state index >= 15 is 0 Å². The number of hydrogen-bond donors (Lipinski definition) is 2. The lowest BCUT2D eigenvalue weighted by Crippen LogP contribution is -2.15. The molecule has 2 aromatic heterocycles. The van der Waals surface area contributed by atoms with E-state index in [0.717, 1.165) is 29.5 Å². The number of hydrogen-bond acceptors (Lipinski definition) is 5. The van der Waals surface area contributed by atoms with E-state index in [1.54, 1.807) is 23.5 Å². The van der Waals surface area contributed by atoms with Gasteiger partial charge in [-0.15, -0.1) is 23.1 Å². The number of halogens is 1. The molecular formula is C19H18FN3O2S2. The summed E-state index contributed by atoms with van der Waals surface area (Å²) in [6.45, 7) is 0. The summed E-state index contributed by atoms with van der Waals surface area (Å²) < 4.78 is 13.1. The molecule has 2 heterocycles. The normalized spacial score (nSPS) is 13.5. The molecule has 1 amide bonds. The summed E-state index contributed by atoms with van der Waals surface area (Å²) in [7, 11) is 0. The van der Waals surface area contributed by atoms with Crippen molar-refractivity contribution in [2.24, 2.45) is 0 Å². The first kappa shape index (κ1) is 18.2. The van der Waals surface area contributed by atoms with Crippen LogP contribution in [0.3, 0.4) is 0 Å². The summed E-state index contributed by atoms with van der Waals surface area (Å²) in [5.41, 5.74) is 1.51. The summed E-state index contributed by atoms with van der Waals surface area (Å²) in [5.74, 6) is 0.591. The molecule has 0 fully saturated rings. The smallest absolute Gasteiger partial charge is 0.259 e. The number of aromatic nitrogens is 2. The van der Waals surface area contributed by atoms with Gasteiger partial charge in [-0.05, 0) is 49.4 Å². The van der Waals surface area contributed by atoms with E-state index in [9.17, 15) is 14.0 Å². The van der Waals surface area contributed by atoms with Crippen LogP contribution in [0.15, 0.2) is 29.1 Å². The number of thiophene rings is 1. The predicted molar refractivity (Wildman–Crippen MR) is 108 cm³/mol. The molecule has 5 nitrogen and oxygen atoms in total. The molecule has 27 heavy (non-hydrogen) atoms. The SMILES string of the molecule is O=C(CSCc1nc2sc3c(c2c(=O)[nH]1)CCCC3)Nc1cccc(F)c1. The molecular weight excluding hydrogens is 385 g/mol. The number of nitrogens with one attached hydrogen (secondary N) is 2. The second-order valence-electron chi connectivity index (χ2n) is 6.45. The molecule has 2 N–H and O–H groups in total. The fourth-order valence-electron chi connectivity index (χ4n) is 3.28. The Morgan fingerprint density at radius 2 is 2.19 bits per heavy atom. The number of H-pyrrole nitrogens is 1. The van der Waals surface area contributed by atoms with Crippen molar-refractivity contribution in [3.05, 3.63) is 56.7 Å². The third-order valence-electron chi connectivity index (χ3n) is 4.45. The highest BCUT2D eigenvalue weighted by molar-refractivity contribution is 7.99. The predicted octanol–water partition coefficient (Wildman–Crippen LogP) is 3.87. The van der Waals surface area contributed by atoms with Gasteiger partial charge in [-0.1, -0.05) is 6.07 Å². The van der Waals surface area contributed by atoms with Gasteiger partial charge in [0.05, 0.1) is 16.9 Å². The largest absolute Gasteiger partial charge is 0.325 e. The Morgan fingerprint density at radius 3 is 3.04 bits per heavy atom. The van der Waals surface area contributed by atoms with Crippen molar-refractivity contribution in [2.75, 3.05) is 11.1 Å². The van der Waals surface area contributed by atoms with Crippen LogP contribution in [-0.4, -0.2) is 21.6 Å². The number of carbonyl (C=O) groups is 1. The Labute approximate surface area is 163 Å². The first-order chi connectivity index (χ1) is 13.1.